The normalized spacial score (nSPS) is 11.6. The number of para-hydroxylation sites is 1. The SMILES string of the molecule is CCNCCc1nc2cccc(Cl)c2n1C(C)C. The van der Waals surface area contributed by atoms with E-state index in [9.17, 15) is 0 Å². The van der Waals surface area contributed by atoms with Crippen LogP contribution in [0, 0.1) is 0 Å². The fourth-order valence-electron chi connectivity index (χ4n) is 2.26. The highest BCUT2D eigenvalue weighted by Gasteiger charge is 2.14. The van der Waals surface area contributed by atoms with Gasteiger partial charge in [0.15, 0.2) is 0 Å². The van der Waals surface area contributed by atoms with Gasteiger partial charge in [0.25, 0.3) is 0 Å². The van der Waals surface area contributed by atoms with Gasteiger partial charge in [-0.25, -0.2) is 4.98 Å². The highest BCUT2D eigenvalue weighted by molar-refractivity contribution is 6.35. The molecule has 0 radical (unpaired) electrons. The zero-order chi connectivity index (χ0) is 13.1. The first-order chi connectivity index (χ1) is 8.65. The van der Waals surface area contributed by atoms with E-state index in [2.05, 4.69) is 30.7 Å². The molecule has 2 aromatic rings. The van der Waals surface area contributed by atoms with Crippen LogP contribution in [0.5, 0.6) is 0 Å². The Morgan fingerprint density at radius 1 is 1.39 bits per heavy atom. The summed E-state index contributed by atoms with van der Waals surface area (Å²) in [6, 6.07) is 6.28. The molecular formula is C14H20ClN3. The maximum atomic E-state index is 6.30. The molecule has 0 bridgehead atoms. The predicted octanol–water partition coefficient (Wildman–Crippen LogP) is 3.42. The summed E-state index contributed by atoms with van der Waals surface area (Å²) in [6.07, 6.45) is 0.928. The lowest BCUT2D eigenvalue weighted by atomic mass is 10.3. The molecule has 0 amide bonds. The summed E-state index contributed by atoms with van der Waals surface area (Å²) in [6.45, 7) is 8.39. The van der Waals surface area contributed by atoms with E-state index in [4.69, 9.17) is 16.6 Å². The van der Waals surface area contributed by atoms with Crippen LogP contribution in [0.4, 0.5) is 0 Å². The fourth-order valence-corrected chi connectivity index (χ4v) is 2.52. The smallest absolute Gasteiger partial charge is 0.111 e. The Hall–Kier alpha value is -1.06. The van der Waals surface area contributed by atoms with E-state index >= 15 is 0 Å². The van der Waals surface area contributed by atoms with Crippen molar-refractivity contribution in [3.63, 3.8) is 0 Å². The third-order valence-electron chi connectivity index (χ3n) is 3.03. The number of benzene rings is 1. The molecule has 0 spiro atoms. The standard InChI is InChI=1S/C14H20ClN3/c1-4-16-9-8-13-17-12-7-5-6-11(15)14(12)18(13)10(2)3/h5-7,10,16H,4,8-9H2,1-3H3. The Bertz CT molecular complexity index is 531. The van der Waals surface area contributed by atoms with Crippen LogP contribution in [0.2, 0.25) is 5.02 Å². The van der Waals surface area contributed by atoms with E-state index in [1.54, 1.807) is 0 Å². The minimum absolute atomic E-state index is 0.367. The van der Waals surface area contributed by atoms with Crippen LogP contribution in [0.25, 0.3) is 11.0 Å². The highest BCUT2D eigenvalue weighted by Crippen LogP contribution is 2.27. The molecule has 0 aliphatic rings. The van der Waals surface area contributed by atoms with Crippen LogP contribution in [-0.2, 0) is 6.42 Å². The first-order valence-electron chi connectivity index (χ1n) is 6.51. The number of rotatable bonds is 5. The van der Waals surface area contributed by atoms with Crippen LogP contribution < -0.4 is 5.32 Å². The molecule has 0 aliphatic heterocycles. The van der Waals surface area contributed by atoms with Crippen molar-refractivity contribution in [1.29, 1.82) is 0 Å². The second kappa shape index (κ2) is 5.72. The third-order valence-corrected chi connectivity index (χ3v) is 3.33. The second-order valence-electron chi connectivity index (χ2n) is 4.70. The van der Waals surface area contributed by atoms with Gasteiger partial charge in [-0.1, -0.05) is 24.6 Å². The summed E-state index contributed by atoms with van der Waals surface area (Å²) < 4.78 is 2.25. The van der Waals surface area contributed by atoms with E-state index in [0.717, 1.165) is 41.4 Å². The molecule has 1 aromatic heterocycles. The van der Waals surface area contributed by atoms with Crippen molar-refractivity contribution < 1.29 is 0 Å². The summed E-state index contributed by atoms with van der Waals surface area (Å²) >= 11 is 6.30. The molecule has 3 nitrogen and oxygen atoms in total. The van der Waals surface area contributed by atoms with Crippen LogP contribution in [0.15, 0.2) is 18.2 Å². The van der Waals surface area contributed by atoms with Gasteiger partial charge < -0.3 is 9.88 Å². The topological polar surface area (TPSA) is 29.9 Å². The van der Waals surface area contributed by atoms with Crippen molar-refractivity contribution in [2.45, 2.75) is 33.2 Å². The molecule has 0 saturated heterocycles. The van der Waals surface area contributed by atoms with E-state index in [-0.39, 0.29) is 0 Å². The lowest BCUT2D eigenvalue weighted by Crippen LogP contribution is -2.18. The molecule has 1 N–H and O–H groups in total. The van der Waals surface area contributed by atoms with Gasteiger partial charge in [-0.3, -0.25) is 0 Å². The number of likely N-dealkylation sites (N-methyl/N-ethyl adjacent to an activating group) is 1. The maximum Gasteiger partial charge on any atom is 0.111 e. The number of nitrogens with zero attached hydrogens (tertiary/aromatic N) is 2. The number of imidazole rings is 1. The summed E-state index contributed by atoms with van der Waals surface area (Å²) in [4.78, 5) is 4.71. The van der Waals surface area contributed by atoms with Crippen molar-refractivity contribution in [3.8, 4) is 0 Å². The van der Waals surface area contributed by atoms with Gasteiger partial charge >= 0.3 is 0 Å². The third kappa shape index (κ3) is 2.52. The first kappa shape index (κ1) is 13.4. The van der Waals surface area contributed by atoms with Crippen molar-refractivity contribution in [2.75, 3.05) is 13.1 Å². The average molecular weight is 266 g/mol. The lowest BCUT2D eigenvalue weighted by molar-refractivity contribution is 0.572. The van der Waals surface area contributed by atoms with Gasteiger partial charge in [0.2, 0.25) is 0 Å². The largest absolute Gasteiger partial charge is 0.324 e. The summed E-state index contributed by atoms with van der Waals surface area (Å²) in [5.41, 5.74) is 2.04. The molecular weight excluding hydrogens is 246 g/mol. The Labute approximate surface area is 113 Å². The Balaban J connectivity index is 2.45. The van der Waals surface area contributed by atoms with Gasteiger partial charge in [-0.2, -0.15) is 0 Å². The molecule has 0 aliphatic carbocycles. The molecule has 0 atom stereocenters. The van der Waals surface area contributed by atoms with E-state index in [1.807, 2.05) is 18.2 Å². The molecule has 98 valence electrons. The monoisotopic (exact) mass is 265 g/mol. The van der Waals surface area contributed by atoms with Gasteiger partial charge in [-0.05, 0) is 32.5 Å². The Morgan fingerprint density at radius 2 is 2.17 bits per heavy atom. The number of fused-ring (bicyclic) bond motifs is 1. The number of hydrogen-bond acceptors (Lipinski definition) is 2. The van der Waals surface area contributed by atoms with Crippen molar-refractivity contribution in [1.82, 2.24) is 14.9 Å². The Morgan fingerprint density at radius 3 is 2.83 bits per heavy atom. The number of nitrogens with one attached hydrogen (secondary N) is 1. The molecule has 4 heteroatoms. The average Bonchev–Trinajstić information content (AvgIpc) is 2.69. The quantitative estimate of drug-likeness (QED) is 0.840. The van der Waals surface area contributed by atoms with Crippen LogP contribution in [0.3, 0.4) is 0 Å². The van der Waals surface area contributed by atoms with Crippen LogP contribution in [0.1, 0.15) is 32.6 Å². The zero-order valence-electron chi connectivity index (χ0n) is 11.2. The minimum Gasteiger partial charge on any atom is -0.324 e. The van der Waals surface area contributed by atoms with Crippen molar-refractivity contribution >= 4 is 22.6 Å². The van der Waals surface area contributed by atoms with E-state index < -0.39 is 0 Å². The van der Waals surface area contributed by atoms with E-state index in [0.29, 0.717) is 6.04 Å². The van der Waals surface area contributed by atoms with Gasteiger partial charge in [0.05, 0.1) is 16.1 Å². The lowest BCUT2D eigenvalue weighted by Gasteiger charge is -2.13. The molecule has 1 aromatic carbocycles. The van der Waals surface area contributed by atoms with Crippen molar-refractivity contribution in [3.05, 3.63) is 29.0 Å². The zero-order valence-corrected chi connectivity index (χ0v) is 12.0. The van der Waals surface area contributed by atoms with Gasteiger partial charge in [0.1, 0.15) is 5.82 Å². The molecule has 1 heterocycles. The summed E-state index contributed by atoms with van der Waals surface area (Å²) in [7, 11) is 0. The van der Waals surface area contributed by atoms with Gasteiger partial charge in [0, 0.05) is 19.0 Å². The molecule has 18 heavy (non-hydrogen) atoms. The molecule has 2 rings (SSSR count). The second-order valence-corrected chi connectivity index (χ2v) is 5.11. The van der Waals surface area contributed by atoms with Crippen LogP contribution in [-0.4, -0.2) is 22.6 Å². The molecule has 0 saturated carbocycles. The highest BCUT2D eigenvalue weighted by atomic mass is 35.5. The van der Waals surface area contributed by atoms with Gasteiger partial charge in [-0.15, -0.1) is 0 Å². The number of aromatic nitrogens is 2. The van der Waals surface area contributed by atoms with E-state index in [1.165, 1.54) is 0 Å². The summed E-state index contributed by atoms with van der Waals surface area (Å²) in [5, 5.41) is 4.12. The number of hydrogen-bond donors (Lipinski definition) is 1. The maximum absolute atomic E-state index is 6.30. The predicted molar refractivity (Wildman–Crippen MR) is 77.4 cm³/mol. The molecule has 0 unspecified atom stereocenters. The minimum atomic E-state index is 0.367. The summed E-state index contributed by atoms with van der Waals surface area (Å²) in [5.74, 6) is 1.11. The number of halogens is 1. The Kier molecular flexibility index (Phi) is 4.25. The van der Waals surface area contributed by atoms with Crippen molar-refractivity contribution in [2.24, 2.45) is 0 Å². The van der Waals surface area contributed by atoms with Crippen LogP contribution >= 0.6 is 11.6 Å². The molecule has 0 fully saturated rings. The fraction of sp³-hybridized carbons (Fsp3) is 0.500. The first-order valence-corrected chi connectivity index (χ1v) is 6.89.